The van der Waals surface area contributed by atoms with Gasteiger partial charge in [-0.1, -0.05) is 0 Å². The Labute approximate surface area is 520 Å². The van der Waals surface area contributed by atoms with E-state index in [-0.39, 0.29) is 70.3 Å². The molecule has 6 bridgehead atoms. The van der Waals surface area contributed by atoms with E-state index in [1.54, 1.807) is 6.07 Å². The lowest BCUT2D eigenvalue weighted by atomic mass is 10.00. The quantitative estimate of drug-likeness (QED) is 0.0271. The second kappa shape index (κ2) is 31.2. The summed E-state index contributed by atoms with van der Waals surface area (Å²) in [5.41, 5.74) is 37.1. The first-order chi connectivity index (χ1) is 42.9. The molecule has 0 amide bonds. The number of fused-ring (bicyclic) bond motifs is 6. The molecule has 1 aliphatic rings. The first kappa shape index (κ1) is 65.9. The van der Waals surface area contributed by atoms with Gasteiger partial charge in [0.05, 0.1) is 55.8 Å². The topological polar surface area (TPSA) is 271 Å². The minimum atomic E-state index is -0.457. The minimum Gasteiger partial charge on any atom is -0.461 e. The van der Waals surface area contributed by atoms with Crippen LogP contribution in [-0.2, 0) is 124 Å². The zero-order chi connectivity index (χ0) is 63.7. The largest absolute Gasteiger partial charge is 0.461 e. The van der Waals surface area contributed by atoms with E-state index in [9.17, 15) is 24.6 Å². The maximum atomic E-state index is 14.1. The number of nitrogens with one attached hydrogen (secondary N) is 1. The fraction of sp³-hybridized carbons (Fsp3) is 0.362. The average molecular weight is 1210 g/mol. The van der Waals surface area contributed by atoms with E-state index < -0.39 is 23.9 Å². The van der Waals surface area contributed by atoms with Crippen molar-refractivity contribution in [2.24, 2.45) is 37.0 Å². The number of allylic oxidation sites excluding steroid dienone is 1. The van der Waals surface area contributed by atoms with Gasteiger partial charge in [0.15, 0.2) is 75.8 Å². The summed E-state index contributed by atoms with van der Waals surface area (Å²) in [6.45, 7) is 14.7. The first-order valence-electron chi connectivity index (χ1n) is 30.3. The van der Waals surface area contributed by atoms with E-state index in [1.165, 1.54) is 0 Å². The van der Waals surface area contributed by atoms with Crippen molar-refractivity contribution in [1.29, 1.82) is 5.41 Å². The van der Waals surface area contributed by atoms with E-state index in [2.05, 4.69) is 0 Å². The predicted molar refractivity (Wildman–Crippen MR) is 337 cm³/mol. The number of esters is 4. The van der Waals surface area contributed by atoms with Crippen LogP contribution in [0.3, 0.4) is 0 Å². The predicted octanol–water partition coefficient (Wildman–Crippen LogP) is 5.03. The molecule has 0 aromatic carbocycles. The Morgan fingerprint density at radius 2 is 0.809 bits per heavy atom. The van der Waals surface area contributed by atoms with E-state index in [4.69, 9.17) is 46.9 Å². The number of nitrogens with two attached hydrogens (primary N) is 4. The van der Waals surface area contributed by atoms with E-state index in [0.29, 0.717) is 85.9 Å². The van der Waals surface area contributed by atoms with Gasteiger partial charge in [-0.3, -0.25) is 19.2 Å². The maximum absolute atomic E-state index is 14.1. The van der Waals surface area contributed by atoms with Crippen molar-refractivity contribution >= 4 is 57.1 Å². The highest BCUT2D eigenvalue weighted by molar-refractivity contribution is 5.99. The van der Waals surface area contributed by atoms with Crippen molar-refractivity contribution in [2.75, 3.05) is 26.2 Å². The Balaban J connectivity index is 1.27. The molecule has 20 heteroatoms. The molecule has 20 nitrogen and oxygen atoms in total. The summed E-state index contributed by atoms with van der Waals surface area (Å²) in [6.07, 6.45) is 15.5. The third kappa shape index (κ3) is 17.2. The van der Waals surface area contributed by atoms with E-state index in [0.717, 1.165) is 72.2 Å². The van der Waals surface area contributed by atoms with Crippen molar-refractivity contribution in [3.8, 4) is 0 Å². The maximum Gasteiger partial charge on any atom is 0.310 e. The fourth-order valence-corrected chi connectivity index (χ4v) is 11.0. The molecule has 0 saturated heterocycles. The molecule has 0 spiro atoms. The van der Waals surface area contributed by atoms with Gasteiger partial charge in [0.2, 0.25) is 0 Å². The highest BCUT2D eigenvalue weighted by Crippen LogP contribution is 2.36. The minimum absolute atomic E-state index is 0.0186. The molecule has 0 aliphatic carbocycles. The number of aromatic nitrogens is 7. The number of carbonyl (C=O) groups is 4. The van der Waals surface area contributed by atoms with Crippen LogP contribution in [-0.4, -0.2) is 64.2 Å². The number of pyridine rings is 4. The molecule has 0 saturated carbocycles. The highest BCUT2D eigenvalue weighted by atomic mass is 16.5. The van der Waals surface area contributed by atoms with E-state index in [1.807, 2.05) is 192 Å². The van der Waals surface area contributed by atoms with Crippen LogP contribution in [0.15, 0.2) is 122 Å². The molecule has 9 N–H and O–H groups in total. The summed E-state index contributed by atoms with van der Waals surface area (Å²) in [7, 11) is 3.84. The Kier molecular flexibility index (Phi) is 23.1. The Hall–Kier alpha value is -9.08. The van der Waals surface area contributed by atoms with Crippen molar-refractivity contribution < 1.29 is 56.4 Å². The molecule has 8 heterocycles. The summed E-state index contributed by atoms with van der Waals surface area (Å²) >= 11 is 0. The zero-order valence-electron chi connectivity index (χ0n) is 52.5. The number of hydrogen-bond acceptors (Lipinski definition) is 14. The summed E-state index contributed by atoms with van der Waals surface area (Å²) in [5, 5.41) is 10.2. The monoisotopic (exact) mass is 1210 g/mol. The number of nitrogens with zero attached hydrogens (tertiary/aromatic N) is 7. The first-order valence-corrected chi connectivity index (χ1v) is 30.3. The number of rotatable bonds is 26. The molecule has 0 atom stereocenters. The van der Waals surface area contributed by atoms with Gasteiger partial charge in [-0.2, -0.15) is 0 Å². The summed E-state index contributed by atoms with van der Waals surface area (Å²) in [5.74, 6) is -1.71. The average Bonchev–Trinajstić information content (AvgIpc) is 1.93. The molecular formula is C69H86N12O8+4. The van der Waals surface area contributed by atoms with Gasteiger partial charge in [-0.05, 0) is 122 Å². The molecule has 8 rings (SSSR count). The fourth-order valence-electron chi connectivity index (χ4n) is 11.0. The Bertz CT molecular complexity index is 3970. The lowest BCUT2D eigenvalue weighted by molar-refractivity contribution is -0.694. The van der Waals surface area contributed by atoms with Crippen LogP contribution in [0.4, 0.5) is 0 Å². The van der Waals surface area contributed by atoms with Crippen LogP contribution in [0.25, 0.3) is 33.2 Å². The van der Waals surface area contributed by atoms with Gasteiger partial charge < -0.3 is 56.4 Å². The molecule has 7 aromatic rings. The SMILES string of the molecule is CC1=C(CC(=O)OCc2cc[n+](CCN)cc2)c2cc3c(C)c(CCC(=O)OCc4cc[n+](CCN)cc4)c(cc(=N)c(CCC(=O)OCc4cc[n+](CCN)cc4)c(C)c(C)cc4c(C)c(CC(=O)OCc5cc[n+](CCN)cc5)c(cc1n2)n4C)n3C. The smallest absolute Gasteiger partial charge is 0.310 e. The number of carbonyl (C=O) groups excluding carboxylic acids is 4. The molecule has 0 fully saturated rings. The molecule has 1 aliphatic heterocycles. The zero-order valence-corrected chi connectivity index (χ0v) is 52.5. The van der Waals surface area contributed by atoms with Crippen LogP contribution in [0, 0.1) is 33.1 Å². The summed E-state index contributed by atoms with van der Waals surface area (Å²) in [6, 6.07) is 22.9. The summed E-state index contributed by atoms with van der Waals surface area (Å²) < 4.78 is 35.4. The van der Waals surface area contributed by atoms with Crippen molar-refractivity contribution in [3.63, 3.8) is 0 Å². The third-order valence-corrected chi connectivity index (χ3v) is 16.5. The van der Waals surface area contributed by atoms with Crippen LogP contribution in [0.5, 0.6) is 0 Å². The number of ether oxygens (including phenoxy) is 4. The lowest BCUT2D eigenvalue weighted by Crippen LogP contribution is -2.36. The molecule has 466 valence electrons. The van der Waals surface area contributed by atoms with Crippen LogP contribution in [0.2, 0.25) is 0 Å². The standard InChI is InChI=1S/C69H86N12O8/c1-46-36-62-50(5)58(38-69(85)89-45-54-18-30-81(31-19-54)35-23-73)65(76(62)6)40-60-48(3)57(37-68(84)88-44-53-16-28-80(29-17-53)34-22-72)61(75-60)41-63-49(4)56(9-11-67(83)87-43-52-14-26-79(27-15-52)33-21-71)64(77(63)7)39-59(74)55(47(46)2)8-10-66(82)86-42-51-12-24-78(25-13-51)32-20-70/h12-19,24-31,36,39-41,74H,8-11,20-23,32-35,37-38,42-45,70-73H2,1-7H3/q+4. The second-order valence-corrected chi connectivity index (χ2v) is 22.6. The van der Waals surface area contributed by atoms with Gasteiger partial charge in [-0.15, -0.1) is 0 Å². The van der Waals surface area contributed by atoms with Gasteiger partial charge in [0.25, 0.3) is 0 Å². The second-order valence-electron chi connectivity index (χ2n) is 22.6. The molecule has 0 radical (unpaired) electrons. The summed E-state index contributed by atoms with van der Waals surface area (Å²) in [4.78, 5) is 60.9. The molecule has 7 aromatic heterocycles. The van der Waals surface area contributed by atoms with Gasteiger partial charge in [0.1, 0.15) is 26.4 Å². The van der Waals surface area contributed by atoms with E-state index >= 15 is 0 Å². The lowest BCUT2D eigenvalue weighted by Gasteiger charge is -2.09. The Morgan fingerprint density at radius 1 is 0.449 bits per heavy atom. The number of hydrogen-bond donors (Lipinski definition) is 5. The van der Waals surface area contributed by atoms with Crippen molar-refractivity contribution in [3.05, 3.63) is 200 Å². The van der Waals surface area contributed by atoms with Crippen LogP contribution >= 0.6 is 0 Å². The van der Waals surface area contributed by atoms with Crippen LogP contribution < -0.4 is 46.6 Å². The normalized spacial score (nSPS) is 11.6. The molecular weight excluding hydrogens is 1120 g/mol. The third-order valence-electron chi connectivity index (χ3n) is 16.5. The van der Waals surface area contributed by atoms with Gasteiger partial charge in [0, 0.05) is 120 Å². The van der Waals surface area contributed by atoms with Crippen molar-refractivity contribution in [2.45, 2.75) is 126 Å². The molecule has 89 heavy (non-hydrogen) atoms. The van der Waals surface area contributed by atoms with Gasteiger partial charge >= 0.3 is 23.9 Å². The number of aryl methyl sites for hydroxylation is 6. The van der Waals surface area contributed by atoms with Crippen molar-refractivity contribution in [1.82, 2.24) is 14.1 Å². The Morgan fingerprint density at radius 3 is 1.24 bits per heavy atom. The van der Waals surface area contributed by atoms with Gasteiger partial charge in [-0.25, -0.2) is 23.3 Å². The molecule has 0 unspecified atom stereocenters. The highest BCUT2D eigenvalue weighted by Gasteiger charge is 2.25. The van der Waals surface area contributed by atoms with Crippen LogP contribution in [0.1, 0.15) is 98.8 Å².